The summed E-state index contributed by atoms with van der Waals surface area (Å²) < 4.78 is 12.3. The topological polar surface area (TPSA) is 18.5 Å². The maximum Gasteiger partial charge on any atom is 0.161 e. The van der Waals surface area contributed by atoms with Crippen LogP contribution in [-0.2, 0) is 0 Å². The third-order valence-corrected chi connectivity index (χ3v) is 3.57. The van der Waals surface area contributed by atoms with E-state index in [2.05, 4.69) is 27.7 Å². The Bertz CT molecular complexity index is 327. The van der Waals surface area contributed by atoms with Crippen LogP contribution in [0.3, 0.4) is 0 Å². The van der Waals surface area contributed by atoms with Crippen LogP contribution in [0.1, 0.15) is 66.2 Å². The third kappa shape index (κ3) is 5.44. The van der Waals surface area contributed by atoms with E-state index in [1.165, 1.54) is 0 Å². The molecule has 0 N–H and O–H groups in total. The SMILES string of the molecule is CCCC(CC)Oc1ccccc1OC(CC)CCC. The lowest BCUT2D eigenvalue weighted by molar-refractivity contribution is 0.149. The molecule has 0 radical (unpaired) electrons. The van der Waals surface area contributed by atoms with Crippen molar-refractivity contribution in [2.45, 2.75) is 78.4 Å². The van der Waals surface area contributed by atoms with Crippen LogP contribution in [0.15, 0.2) is 24.3 Å². The molecule has 0 heterocycles. The maximum absolute atomic E-state index is 6.13. The van der Waals surface area contributed by atoms with Crippen LogP contribution in [0.2, 0.25) is 0 Å². The first kappa shape index (κ1) is 16.9. The second kappa shape index (κ2) is 9.68. The third-order valence-electron chi connectivity index (χ3n) is 3.57. The Kier molecular flexibility index (Phi) is 8.17. The van der Waals surface area contributed by atoms with Crippen molar-refractivity contribution in [3.63, 3.8) is 0 Å². The van der Waals surface area contributed by atoms with Gasteiger partial charge in [-0.3, -0.25) is 0 Å². The van der Waals surface area contributed by atoms with E-state index in [-0.39, 0.29) is 12.2 Å². The lowest BCUT2D eigenvalue weighted by Crippen LogP contribution is -2.18. The molecule has 1 aromatic rings. The number of hydrogen-bond donors (Lipinski definition) is 0. The average molecular weight is 278 g/mol. The van der Waals surface area contributed by atoms with Crippen molar-refractivity contribution in [3.05, 3.63) is 24.3 Å². The van der Waals surface area contributed by atoms with Gasteiger partial charge in [-0.2, -0.15) is 0 Å². The molecule has 2 unspecified atom stereocenters. The van der Waals surface area contributed by atoms with Crippen LogP contribution >= 0.6 is 0 Å². The Hall–Kier alpha value is -1.18. The van der Waals surface area contributed by atoms with E-state index < -0.39 is 0 Å². The average Bonchev–Trinajstić information content (AvgIpc) is 2.48. The maximum atomic E-state index is 6.13. The quantitative estimate of drug-likeness (QED) is 0.554. The van der Waals surface area contributed by atoms with Crippen molar-refractivity contribution in [1.82, 2.24) is 0 Å². The van der Waals surface area contributed by atoms with Crippen molar-refractivity contribution in [2.24, 2.45) is 0 Å². The van der Waals surface area contributed by atoms with E-state index >= 15 is 0 Å². The smallest absolute Gasteiger partial charge is 0.161 e. The van der Waals surface area contributed by atoms with Gasteiger partial charge in [-0.15, -0.1) is 0 Å². The van der Waals surface area contributed by atoms with Crippen LogP contribution in [0, 0.1) is 0 Å². The molecule has 0 aromatic heterocycles. The first-order valence-corrected chi connectivity index (χ1v) is 8.17. The Morgan fingerprint density at radius 1 is 0.750 bits per heavy atom. The Morgan fingerprint density at radius 2 is 1.15 bits per heavy atom. The van der Waals surface area contributed by atoms with Crippen LogP contribution < -0.4 is 9.47 Å². The molecule has 0 aliphatic rings. The summed E-state index contributed by atoms with van der Waals surface area (Å²) in [5.74, 6) is 1.78. The molecule has 0 saturated carbocycles. The molecule has 2 atom stereocenters. The fraction of sp³-hybridized carbons (Fsp3) is 0.667. The predicted octanol–water partition coefficient (Wildman–Crippen LogP) is 5.60. The molecule has 2 heteroatoms. The van der Waals surface area contributed by atoms with Crippen LogP contribution in [0.5, 0.6) is 11.5 Å². The number of rotatable bonds is 10. The summed E-state index contributed by atoms with van der Waals surface area (Å²) >= 11 is 0. The summed E-state index contributed by atoms with van der Waals surface area (Å²) in [4.78, 5) is 0. The van der Waals surface area contributed by atoms with E-state index in [9.17, 15) is 0 Å². The first-order chi connectivity index (χ1) is 9.74. The highest BCUT2D eigenvalue weighted by Crippen LogP contribution is 2.30. The van der Waals surface area contributed by atoms with Gasteiger partial charge in [0.2, 0.25) is 0 Å². The predicted molar refractivity (Wildman–Crippen MR) is 85.7 cm³/mol. The second-order valence-electron chi connectivity index (χ2n) is 5.32. The fourth-order valence-electron chi connectivity index (χ4n) is 2.34. The number of benzene rings is 1. The Balaban J connectivity index is 2.76. The minimum atomic E-state index is 0.288. The highest BCUT2D eigenvalue weighted by Gasteiger charge is 2.14. The zero-order chi connectivity index (χ0) is 14.8. The standard InChI is InChI=1S/C18H30O2/c1-5-11-15(7-3)19-17-13-9-10-14-18(17)20-16(8-4)12-6-2/h9-10,13-16H,5-8,11-12H2,1-4H3. The summed E-state index contributed by atoms with van der Waals surface area (Å²) in [5.41, 5.74) is 0. The van der Waals surface area contributed by atoms with Crippen molar-refractivity contribution in [3.8, 4) is 11.5 Å². The molecular formula is C18H30O2. The zero-order valence-electron chi connectivity index (χ0n) is 13.5. The van der Waals surface area contributed by atoms with Gasteiger partial charge in [0.25, 0.3) is 0 Å². The van der Waals surface area contributed by atoms with E-state index in [4.69, 9.17) is 9.47 Å². The molecule has 0 spiro atoms. The van der Waals surface area contributed by atoms with E-state index in [1.807, 2.05) is 24.3 Å². The van der Waals surface area contributed by atoms with Crippen molar-refractivity contribution in [2.75, 3.05) is 0 Å². The van der Waals surface area contributed by atoms with Crippen LogP contribution in [-0.4, -0.2) is 12.2 Å². The second-order valence-corrected chi connectivity index (χ2v) is 5.32. The highest BCUT2D eigenvalue weighted by atomic mass is 16.5. The number of hydrogen-bond acceptors (Lipinski definition) is 2. The Morgan fingerprint density at radius 3 is 1.45 bits per heavy atom. The van der Waals surface area contributed by atoms with Gasteiger partial charge in [-0.25, -0.2) is 0 Å². The normalized spacial score (nSPS) is 13.8. The zero-order valence-corrected chi connectivity index (χ0v) is 13.5. The summed E-state index contributed by atoms with van der Waals surface area (Å²) in [6, 6.07) is 8.07. The van der Waals surface area contributed by atoms with Crippen molar-refractivity contribution < 1.29 is 9.47 Å². The van der Waals surface area contributed by atoms with Gasteiger partial charge in [-0.05, 0) is 37.8 Å². The molecule has 114 valence electrons. The molecule has 0 aliphatic carbocycles. The molecule has 0 aliphatic heterocycles. The molecule has 0 fully saturated rings. The van der Waals surface area contributed by atoms with Gasteiger partial charge < -0.3 is 9.47 Å². The first-order valence-electron chi connectivity index (χ1n) is 8.17. The van der Waals surface area contributed by atoms with Gasteiger partial charge in [-0.1, -0.05) is 52.7 Å². The lowest BCUT2D eigenvalue weighted by atomic mass is 10.1. The molecule has 0 saturated heterocycles. The Labute approximate surface area is 124 Å². The highest BCUT2D eigenvalue weighted by molar-refractivity contribution is 5.39. The summed E-state index contributed by atoms with van der Waals surface area (Å²) in [6.45, 7) is 8.75. The summed E-state index contributed by atoms with van der Waals surface area (Å²) in [7, 11) is 0. The van der Waals surface area contributed by atoms with E-state index in [1.54, 1.807) is 0 Å². The largest absolute Gasteiger partial charge is 0.487 e. The summed E-state index contributed by atoms with van der Waals surface area (Å²) in [5, 5.41) is 0. The minimum Gasteiger partial charge on any atom is -0.487 e. The van der Waals surface area contributed by atoms with Crippen LogP contribution in [0.25, 0.3) is 0 Å². The van der Waals surface area contributed by atoms with Crippen molar-refractivity contribution in [1.29, 1.82) is 0 Å². The van der Waals surface area contributed by atoms with Gasteiger partial charge in [0.1, 0.15) is 0 Å². The molecule has 20 heavy (non-hydrogen) atoms. The monoisotopic (exact) mass is 278 g/mol. The lowest BCUT2D eigenvalue weighted by Gasteiger charge is -2.22. The fourth-order valence-corrected chi connectivity index (χ4v) is 2.34. The molecule has 0 bridgehead atoms. The molecular weight excluding hydrogens is 248 g/mol. The minimum absolute atomic E-state index is 0.288. The van der Waals surface area contributed by atoms with Gasteiger partial charge >= 0.3 is 0 Å². The number of para-hydroxylation sites is 2. The van der Waals surface area contributed by atoms with Crippen molar-refractivity contribution >= 4 is 0 Å². The molecule has 2 nitrogen and oxygen atoms in total. The molecule has 1 rings (SSSR count). The van der Waals surface area contributed by atoms with Gasteiger partial charge in [0.05, 0.1) is 12.2 Å². The van der Waals surface area contributed by atoms with Gasteiger partial charge in [0, 0.05) is 0 Å². The van der Waals surface area contributed by atoms with E-state index in [0.717, 1.165) is 50.0 Å². The summed E-state index contributed by atoms with van der Waals surface area (Å²) in [6.07, 6.45) is 7.13. The van der Waals surface area contributed by atoms with E-state index in [0.29, 0.717) is 0 Å². The van der Waals surface area contributed by atoms with Gasteiger partial charge in [0.15, 0.2) is 11.5 Å². The van der Waals surface area contributed by atoms with Crippen LogP contribution in [0.4, 0.5) is 0 Å². The molecule has 1 aromatic carbocycles. The number of ether oxygens (including phenoxy) is 2. The molecule has 0 amide bonds.